The third-order valence-corrected chi connectivity index (χ3v) is 1.93. The Hall–Kier alpha value is -0.0600. The van der Waals surface area contributed by atoms with E-state index in [1.807, 2.05) is 0 Å². The summed E-state index contributed by atoms with van der Waals surface area (Å²) in [6.45, 7) is 0.206. The highest BCUT2D eigenvalue weighted by atomic mass is 35.5. The van der Waals surface area contributed by atoms with Gasteiger partial charge in [0.25, 0.3) is 0 Å². The number of halogens is 4. The molecule has 82 valence electrons. The van der Waals surface area contributed by atoms with Gasteiger partial charge in [-0.2, -0.15) is 0 Å². The fraction of sp³-hybridized carbons (Fsp3) is 0.250. The van der Waals surface area contributed by atoms with Crippen LogP contribution in [0.15, 0.2) is 18.2 Å². The van der Waals surface area contributed by atoms with Gasteiger partial charge in [-0.1, -0.05) is 23.7 Å². The maximum Gasteiger partial charge on any atom is 0.146 e. The average Bonchev–Trinajstić information content (AvgIpc) is 2.08. The Morgan fingerprint density at radius 2 is 1.93 bits per heavy atom. The molecule has 0 fully saturated rings. The average molecular weight is 262 g/mol. The number of hydrogen-bond donors (Lipinski definition) is 2. The normalized spacial score (nSPS) is 11.1. The number of benzene rings is 1. The molecule has 0 aliphatic rings. The van der Waals surface area contributed by atoms with Crippen LogP contribution in [0.2, 0.25) is 5.02 Å². The van der Waals surface area contributed by atoms with Crippen molar-refractivity contribution in [3.63, 3.8) is 0 Å². The first kappa shape index (κ1) is 16.4. The van der Waals surface area contributed by atoms with E-state index in [4.69, 9.17) is 23.1 Å². The van der Waals surface area contributed by atoms with E-state index in [1.54, 1.807) is 12.1 Å². The lowest BCUT2D eigenvalue weighted by Crippen LogP contribution is -2.21. The quantitative estimate of drug-likeness (QED) is 0.858. The maximum atomic E-state index is 13.2. The van der Waals surface area contributed by atoms with E-state index in [9.17, 15) is 4.39 Å². The summed E-state index contributed by atoms with van der Waals surface area (Å²) in [7, 11) is 0. The highest BCUT2D eigenvalue weighted by Crippen LogP contribution is 2.21. The Labute approximate surface area is 99.6 Å². The molecule has 0 aliphatic heterocycles. The van der Waals surface area contributed by atoms with Crippen LogP contribution in [0.1, 0.15) is 11.6 Å². The van der Waals surface area contributed by atoms with Crippen molar-refractivity contribution in [1.29, 1.82) is 0 Å². The fourth-order valence-corrected chi connectivity index (χ4v) is 1.12. The molecular formula is C8H12Cl3FN2. The smallest absolute Gasteiger partial charge is 0.146 e. The number of rotatable bonds is 2. The Kier molecular flexibility index (Phi) is 8.49. The van der Waals surface area contributed by atoms with E-state index in [2.05, 4.69) is 0 Å². The van der Waals surface area contributed by atoms with E-state index < -0.39 is 11.9 Å². The predicted octanol–water partition coefficient (Wildman–Crippen LogP) is 2.28. The van der Waals surface area contributed by atoms with Crippen LogP contribution in [-0.4, -0.2) is 6.54 Å². The van der Waals surface area contributed by atoms with Crippen molar-refractivity contribution < 1.29 is 4.39 Å². The molecule has 2 nitrogen and oxygen atoms in total. The topological polar surface area (TPSA) is 52.0 Å². The Bertz CT molecular complexity index is 283. The van der Waals surface area contributed by atoms with Gasteiger partial charge in [0.1, 0.15) is 5.82 Å². The van der Waals surface area contributed by atoms with Crippen LogP contribution < -0.4 is 11.5 Å². The second kappa shape index (κ2) is 7.26. The molecular weight excluding hydrogens is 249 g/mol. The van der Waals surface area contributed by atoms with E-state index in [0.29, 0.717) is 5.56 Å². The van der Waals surface area contributed by atoms with E-state index >= 15 is 0 Å². The van der Waals surface area contributed by atoms with Gasteiger partial charge in [0, 0.05) is 18.2 Å². The molecule has 1 aromatic carbocycles. The molecule has 0 radical (unpaired) electrons. The molecule has 0 aromatic heterocycles. The molecule has 14 heavy (non-hydrogen) atoms. The molecule has 0 amide bonds. The molecule has 0 saturated carbocycles. The van der Waals surface area contributed by atoms with Gasteiger partial charge in [0.2, 0.25) is 0 Å². The molecule has 1 aromatic rings. The van der Waals surface area contributed by atoms with Crippen LogP contribution in [0.3, 0.4) is 0 Å². The standard InChI is InChI=1S/C8H10ClFN2.2ClH/c9-6-3-1-2-5(8(6)10)7(12)4-11;;/h1-3,7H,4,11-12H2;2*1H/t7-;;/m1../s1. The number of hydrogen-bond acceptors (Lipinski definition) is 2. The van der Waals surface area contributed by atoms with Gasteiger partial charge >= 0.3 is 0 Å². The summed E-state index contributed by atoms with van der Waals surface area (Å²) in [5, 5.41) is 0.0800. The van der Waals surface area contributed by atoms with Gasteiger partial charge in [-0.3, -0.25) is 0 Å². The van der Waals surface area contributed by atoms with Crippen LogP contribution in [0.5, 0.6) is 0 Å². The molecule has 0 saturated heterocycles. The first-order chi connectivity index (χ1) is 5.66. The van der Waals surface area contributed by atoms with Gasteiger partial charge < -0.3 is 11.5 Å². The highest BCUT2D eigenvalue weighted by molar-refractivity contribution is 6.30. The molecule has 0 aliphatic carbocycles. The van der Waals surface area contributed by atoms with Crippen LogP contribution in [-0.2, 0) is 0 Å². The molecule has 1 atom stereocenters. The summed E-state index contributed by atoms with van der Waals surface area (Å²) in [5.74, 6) is -0.475. The zero-order valence-electron chi connectivity index (χ0n) is 7.24. The van der Waals surface area contributed by atoms with Crippen molar-refractivity contribution in [1.82, 2.24) is 0 Å². The first-order valence-corrected chi connectivity index (χ1v) is 3.94. The van der Waals surface area contributed by atoms with Crippen LogP contribution in [0, 0.1) is 5.82 Å². The van der Waals surface area contributed by atoms with Crippen molar-refractivity contribution in [3.05, 3.63) is 34.6 Å². The molecule has 0 unspecified atom stereocenters. The van der Waals surface area contributed by atoms with Crippen molar-refractivity contribution in [3.8, 4) is 0 Å². The fourth-order valence-electron chi connectivity index (χ4n) is 0.934. The summed E-state index contributed by atoms with van der Waals surface area (Å²) in [6.07, 6.45) is 0. The van der Waals surface area contributed by atoms with E-state index in [-0.39, 0.29) is 36.4 Å². The van der Waals surface area contributed by atoms with Crippen molar-refractivity contribution in [2.75, 3.05) is 6.54 Å². The predicted molar refractivity (Wildman–Crippen MR) is 61.9 cm³/mol. The Morgan fingerprint density at radius 1 is 1.36 bits per heavy atom. The molecule has 6 heteroatoms. The third kappa shape index (κ3) is 3.59. The molecule has 1 rings (SSSR count). The summed E-state index contributed by atoms with van der Waals surface area (Å²) in [5.41, 5.74) is 11.2. The van der Waals surface area contributed by atoms with Gasteiger partial charge in [0.05, 0.1) is 5.02 Å². The van der Waals surface area contributed by atoms with Crippen LogP contribution >= 0.6 is 36.4 Å². The summed E-state index contributed by atoms with van der Waals surface area (Å²) >= 11 is 5.54. The van der Waals surface area contributed by atoms with Crippen LogP contribution in [0.25, 0.3) is 0 Å². The lowest BCUT2D eigenvalue weighted by molar-refractivity contribution is 0.584. The largest absolute Gasteiger partial charge is 0.329 e. The summed E-state index contributed by atoms with van der Waals surface area (Å²) in [6, 6.07) is 4.22. The van der Waals surface area contributed by atoms with Gasteiger partial charge in [0.15, 0.2) is 0 Å². The second-order valence-corrected chi connectivity index (χ2v) is 2.89. The van der Waals surface area contributed by atoms with E-state index in [0.717, 1.165) is 0 Å². The van der Waals surface area contributed by atoms with Crippen molar-refractivity contribution >= 4 is 36.4 Å². The SMILES string of the molecule is Cl.Cl.NC[C@@H](N)c1cccc(Cl)c1F. The monoisotopic (exact) mass is 260 g/mol. The van der Waals surface area contributed by atoms with Gasteiger partial charge in [-0.05, 0) is 6.07 Å². The molecule has 0 bridgehead atoms. The first-order valence-electron chi connectivity index (χ1n) is 3.56. The minimum Gasteiger partial charge on any atom is -0.329 e. The van der Waals surface area contributed by atoms with Gasteiger partial charge in [-0.25, -0.2) is 4.39 Å². The lowest BCUT2D eigenvalue weighted by Gasteiger charge is -2.10. The van der Waals surface area contributed by atoms with Crippen molar-refractivity contribution in [2.24, 2.45) is 11.5 Å². The Balaban J connectivity index is 0. The minimum atomic E-state index is -0.483. The molecule has 0 heterocycles. The maximum absolute atomic E-state index is 13.2. The van der Waals surface area contributed by atoms with Crippen molar-refractivity contribution in [2.45, 2.75) is 6.04 Å². The lowest BCUT2D eigenvalue weighted by atomic mass is 10.1. The third-order valence-electron chi connectivity index (χ3n) is 1.63. The summed E-state index contributed by atoms with van der Waals surface area (Å²) < 4.78 is 13.2. The molecule has 4 N–H and O–H groups in total. The molecule has 0 spiro atoms. The highest BCUT2D eigenvalue weighted by Gasteiger charge is 2.11. The minimum absolute atomic E-state index is 0. The zero-order valence-corrected chi connectivity index (χ0v) is 9.63. The summed E-state index contributed by atoms with van der Waals surface area (Å²) in [4.78, 5) is 0. The number of nitrogens with two attached hydrogens (primary N) is 2. The van der Waals surface area contributed by atoms with Gasteiger partial charge in [-0.15, -0.1) is 24.8 Å². The zero-order chi connectivity index (χ0) is 9.14. The second-order valence-electron chi connectivity index (χ2n) is 2.49. The van der Waals surface area contributed by atoms with E-state index in [1.165, 1.54) is 6.07 Å². The Morgan fingerprint density at radius 3 is 2.43 bits per heavy atom. The van der Waals surface area contributed by atoms with Crippen LogP contribution in [0.4, 0.5) is 4.39 Å².